The molecule has 0 radical (unpaired) electrons. The van der Waals surface area contributed by atoms with Gasteiger partial charge in [0, 0.05) is 27.5 Å². The lowest BCUT2D eigenvalue weighted by Gasteiger charge is -2.11. The number of rotatable bonds is 9. The molecule has 2 rings (SSSR count). The van der Waals surface area contributed by atoms with E-state index >= 15 is 0 Å². The highest BCUT2D eigenvalue weighted by Crippen LogP contribution is 2.25. The summed E-state index contributed by atoms with van der Waals surface area (Å²) in [6, 6.07) is 13.2. The van der Waals surface area contributed by atoms with Crippen molar-refractivity contribution < 1.29 is 14.3 Å². The summed E-state index contributed by atoms with van der Waals surface area (Å²) in [5, 5.41) is 2.91. The van der Waals surface area contributed by atoms with Gasteiger partial charge in [-0.25, -0.2) is 0 Å². The topological polar surface area (TPSA) is 55.4 Å². The highest BCUT2D eigenvalue weighted by molar-refractivity contribution is 7.99. The summed E-state index contributed by atoms with van der Waals surface area (Å²) in [4.78, 5) is 24.9. The molecule has 0 aliphatic rings. The van der Waals surface area contributed by atoms with Crippen molar-refractivity contribution >= 4 is 40.9 Å². The number of thioether (sulfide) groups is 2. The first kappa shape index (κ1) is 20.4. The van der Waals surface area contributed by atoms with E-state index in [4.69, 9.17) is 4.74 Å². The molecule has 0 atom stereocenters. The molecule has 0 saturated heterocycles. The van der Waals surface area contributed by atoms with Crippen LogP contribution >= 0.6 is 23.5 Å². The van der Waals surface area contributed by atoms with Gasteiger partial charge in [0.15, 0.2) is 5.78 Å². The molecule has 1 amide bonds. The Morgan fingerprint density at radius 3 is 2.65 bits per heavy atom. The molecule has 26 heavy (non-hydrogen) atoms. The Balaban J connectivity index is 1.94. The Kier molecular flexibility index (Phi) is 8.06. The quantitative estimate of drug-likeness (QED) is 0.489. The van der Waals surface area contributed by atoms with Crippen LogP contribution in [-0.4, -0.2) is 30.3 Å². The maximum Gasteiger partial charge on any atom is 0.234 e. The van der Waals surface area contributed by atoms with Gasteiger partial charge in [0.25, 0.3) is 0 Å². The SMILES string of the molecule is CCOc1ccc(C(C)=O)cc1CSCC(=O)Nc1cccc(SC)c1. The highest BCUT2D eigenvalue weighted by atomic mass is 32.2. The molecule has 0 aliphatic carbocycles. The fourth-order valence-corrected chi connectivity index (χ4v) is 3.62. The molecule has 4 nitrogen and oxygen atoms in total. The van der Waals surface area contributed by atoms with Gasteiger partial charge in [-0.1, -0.05) is 6.07 Å². The maximum atomic E-state index is 12.2. The zero-order chi connectivity index (χ0) is 18.9. The first-order chi connectivity index (χ1) is 12.5. The second kappa shape index (κ2) is 10.3. The summed E-state index contributed by atoms with van der Waals surface area (Å²) in [5.74, 6) is 1.67. The summed E-state index contributed by atoms with van der Waals surface area (Å²) in [6.07, 6.45) is 2.00. The van der Waals surface area contributed by atoms with Crippen LogP contribution in [-0.2, 0) is 10.5 Å². The van der Waals surface area contributed by atoms with E-state index in [1.807, 2.05) is 49.6 Å². The Labute approximate surface area is 163 Å². The van der Waals surface area contributed by atoms with Crippen molar-refractivity contribution in [3.63, 3.8) is 0 Å². The molecule has 138 valence electrons. The average molecular weight is 390 g/mol. The third-order valence-electron chi connectivity index (χ3n) is 3.61. The minimum absolute atomic E-state index is 0.0192. The molecular formula is C20H23NO3S2. The van der Waals surface area contributed by atoms with Gasteiger partial charge in [0.05, 0.1) is 12.4 Å². The van der Waals surface area contributed by atoms with Crippen molar-refractivity contribution in [2.24, 2.45) is 0 Å². The lowest BCUT2D eigenvalue weighted by Crippen LogP contribution is -2.14. The van der Waals surface area contributed by atoms with Crippen molar-refractivity contribution in [3.05, 3.63) is 53.6 Å². The molecule has 0 aromatic heterocycles. The Hall–Kier alpha value is -1.92. The maximum absolute atomic E-state index is 12.2. The Morgan fingerprint density at radius 2 is 1.96 bits per heavy atom. The van der Waals surface area contributed by atoms with Gasteiger partial charge in [-0.05, 0) is 56.5 Å². The van der Waals surface area contributed by atoms with E-state index in [1.165, 1.54) is 11.8 Å². The van der Waals surface area contributed by atoms with Gasteiger partial charge in [-0.3, -0.25) is 9.59 Å². The van der Waals surface area contributed by atoms with Crippen LogP contribution in [0.2, 0.25) is 0 Å². The molecule has 0 fully saturated rings. The van der Waals surface area contributed by atoms with Crippen LogP contribution in [0.4, 0.5) is 5.69 Å². The van der Waals surface area contributed by atoms with Gasteiger partial charge >= 0.3 is 0 Å². The van der Waals surface area contributed by atoms with E-state index in [-0.39, 0.29) is 11.7 Å². The second-order valence-corrected chi connectivity index (χ2v) is 7.45. The van der Waals surface area contributed by atoms with Crippen molar-refractivity contribution in [2.45, 2.75) is 24.5 Å². The Bertz CT molecular complexity index is 777. The fourth-order valence-electron chi connectivity index (χ4n) is 2.36. The normalized spacial score (nSPS) is 10.4. The number of carbonyl (C=O) groups excluding carboxylic acids is 2. The lowest BCUT2D eigenvalue weighted by atomic mass is 10.1. The lowest BCUT2D eigenvalue weighted by molar-refractivity contribution is -0.113. The van der Waals surface area contributed by atoms with Gasteiger partial charge < -0.3 is 10.1 Å². The minimum Gasteiger partial charge on any atom is -0.494 e. The van der Waals surface area contributed by atoms with Crippen LogP contribution in [0.1, 0.15) is 29.8 Å². The van der Waals surface area contributed by atoms with E-state index < -0.39 is 0 Å². The van der Waals surface area contributed by atoms with Gasteiger partial charge in [0.2, 0.25) is 5.91 Å². The highest BCUT2D eigenvalue weighted by Gasteiger charge is 2.10. The van der Waals surface area contributed by atoms with Gasteiger partial charge in [-0.15, -0.1) is 23.5 Å². The molecule has 0 aliphatic heterocycles. The largest absolute Gasteiger partial charge is 0.494 e. The molecule has 1 N–H and O–H groups in total. The zero-order valence-electron chi connectivity index (χ0n) is 15.2. The van der Waals surface area contributed by atoms with Crippen molar-refractivity contribution in [1.82, 2.24) is 0 Å². The molecule has 0 saturated carbocycles. The number of ether oxygens (including phenoxy) is 1. The smallest absolute Gasteiger partial charge is 0.234 e. The summed E-state index contributed by atoms with van der Waals surface area (Å²) in [7, 11) is 0. The summed E-state index contributed by atoms with van der Waals surface area (Å²) in [5.41, 5.74) is 2.39. The third-order valence-corrected chi connectivity index (χ3v) is 5.32. The van der Waals surface area contributed by atoms with Crippen molar-refractivity contribution in [3.8, 4) is 5.75 Å². The van der Waals surface area contributed by atoms with Crippen molar-refractivity contribution in [2.75, 3.05) is 23.9 Å². The number of carbonyl (C=O) groups is 2. The predicted molar refractivity (Wildman–Crippen MR) is 111 cm³/mol. The molecule has 6 heteroatoms. The van der Waals surface area contributed by atoms with E-state index in [0.717, 1.165) is 21.9 Å². The first-order valence-electron chi connectivity index (χ1n) is 8.31. The van der Waals surface area contributed by atoms with E-state index in [9.17, 15) is 9.59 Å². The number of Topliss-reactive ketones (excluding diaryl/α,β-unsaturated/α-hetero) is 1. The molecular weight excluding hydrogens is 366 g/mol. The number of amides is 1. The first-order valence-corrected chi connectivity index (χ1v) is 10.7. The van der Waals surface area contributed by atoms with Crippen LogP contribution in [0.5, 0.6) is 5.75 Å². The summed E-state index contributed by atoms with van der Waals surface area (Å²) in [6.45, 7) is 4.03. The Morgan fingerprint density at radius 1 is 1.15 bits per heavy atom. The number of nitrogens with one attached hydrogen (secondary N) is 1. The van der Waals surface area contributed by atoms with Gasteiger partial charge in [-0.2, -0.15) is 0 Å². The van der Waals surface area contributed by atoms with Crippen LogP contribution in [0.15, 0.2) is 47.4 Å². The number of benzene rings is 2. The molecule has 2 aromatic carbocycles. The van der Waals surface area contributed by atoms with Crippen LogP contribution in [0.25, 0.3) is 0 Å². The molecule has 0 unspecified atom stereocenters. The summed E-state index contributed by atoms with van der Waals surface area (Å²) < 4.78 is 5.62. The van der Waals surface area contributed by atoms with Crippen LogP contribution in [0, 0.1) is 0 Å². The minimum atomic E-state index is -0.0473. The number of hydrogen-bond acceptors (Lipinski definition) is 5. The average Bonchev–Trinajstić information content (AvgIpc) is 2.63. The second-order valence-electron chi connectivity index (χ2n) is 5.58. The van der Waals surface area contributed by atoms with Crippen LogP contribution in [0.3, 0.4) is 0 Å². The van der Waals surface area contributed by atoms with Crippen molar-refractivity contribution in [1.29, 1.82) is 0 Å². The van der Waals surface area contributed by atoms with E-state index in [0.29, 0.717) is 23.7 Å². The molecule has 0 spiro atoms. The number of ketones is 1. The molecule has 0 heterocycles. The van der Waals surface area contributed by atoms with E-state index in [2.05, 4.69) is 5.32 Å². The van der Waals surface area contributed by atoms with Gasteiger partial charge in [0.1, 0.15) is 5.75 Å². The third kappa shape index (κ3) is 6.11. The molecule has 0 bridgehead atoms. The summed E-state index contributed by atoms with van der Waals surface area (Å²) >= 11 is 3.13. The molecule has 2 aromatic rings. The monoisotopic (exact) mass is 389 g/mol. The van der Waals surface area contributed by atoms with Crippen LogP contribution < -0.4 is 10.1 Å². The predicted octanol–water partition coefficient (Wildman–Crippen LogP) is 4.88. The standard InChI is InChI=1S/C20H23NO3S2/c1-4-24-19-9-8-15(14(2)22)10-16(19)12-26-13-20(23)21-17-6-5-7-18(11-17)25-3/h5-11H,4,12-13H2,1-3H3,(H,21,23). The fraction of sp³-hybridized carbons (Fsp3) is 0.300. The number of hydrogen-bond donors (Lipinski definition) is 1. The van der Waals surface area contributed by atoms with E-state index in [1.54, 1.807) is 24.8 Å². The zero-order valence-corrected chi connectivity index (χ0v) is 16.8. The number of anilines is 1.